The van der Waals surface area contributed by atoms with E-state index in [1.807, 2.05) is 25.1 Å². The Labute approximate surface area is 102 Å². The molecule has 0 saturated carbocycles. The number of ether oxygens (including phenoxy) is 1. The van der Waals surface area contributed by atoms with Crippen LogP contribution in [-0.4, -0.2) is 26.1 Å². The molecule has 0 unspecified atom stereocenters. The molecule has 4 heteroatoms. The van der Waals surface area contributed by atoms with E-state index in [-0.39, 0.29) is 5.91 Å². The van der Waals surface area contributed by atoms with Crippen LogP contribution in [0, 0.1) is 6.92 Å². The molecule has 0 aliphatic carbocycles. The van der Waals surface area contributed by atoms with Crippen LogP contribution >= 0.6 is 0 Å². The summed E-state index contributed by atoms with van der Waals surface area (Å²) in [6.07, 6.45) is 1.02. The normalized spacial score (nSPS) is 10.1. The molecular formula is C13H20N2O2. The summed E-state index contributed by atoms with van der Waals surface area (Å²) in [5.74, 6) is 0.774. The lowest BCUT2D eigenvalue weighted by Gasteiger charge is -2.10. The highest BCUT2D eigenvalue weighted by atomic mass is 16.5. The van der Waals surface area contributed by atoms with E-state index in [1.165, 1.54) is 0 Å². The number of hydrogen-bond acceptors (Lipinski definition) is 3. The van der Waals surface area contributed by atoms with Crippen LogP contribution in [0.3, 0.4) is 0 Å². The second kappa shape index (κ2) is 6.91. The molecule has 17 heavy (non-hydrogen) atoms. The maximum atomic E-state index is 11.6. The molecule has 0 heterocycles. The maximum absolute atomic E-state index is 11.6. The van der Waals surface area contributed by atoms with Crippen molar-refractivity contribution in [2.45, 2.75) is 20.3 Å². The van der Waals surface area contributed by atoms with Gasteiger partial charge >= 0.3 is 0 Å². The van der Waals surface area contributed by atoms with Crippen LogP contribution in [0.4, 0.5) is 5.69 Å². The number of benzene rings is 1. The van der Waals surface area contributed by atoms with Gasteiger partial charge in [-0.2, -0.15) is 0 Å². The van der Waals surface area contributed by atoms with Gasteiger partial charge in [-0.3, -0.25) is 4.79 Å². The van der Waals surface area contributed by atoms with E-state index < -0.39 is 0 Å². The molecule has 1 amide bonds. The zero-order valence-electron chi connectivity index (χ0n) is 10.7. The van der Waals surface area contributed by atoms with Crippen molar-refractivity contribution in [1.82, 2.24) is 5.32 Å². The van der Waals surface area contributed by atoms with Crippen molar-refractivity contribution in [2.75, 3.05) is 25.5 Å². The minimum absolute atomic E-state index is 0.0216. The highest BCUT2D eigenvalue weighted by molar-refractivity contribution is 5.93. The van der Waals surface area contributed by atoms with E-state index >= 15 is 0 Å². The minimum atomic E-state index is -0.0216. The minimum Gasteiger partial charge on any atom is -0.497 e. The molecule has 1 aromatic carbocycles. The van der Waals surface area contributed by atoms with Crippen LogP contribution in [0.25, 0.3) is 0 Å². The summed E-state index contributed by atoms with van der Waals surface area (Å²) < 4.78 is 5.11. The predicted octanol–water partition coefficient (Wildman–Crippen LogP) is 1.94. The number of aryl methyl sites for hydroxylation is 1. The average molecular weight is 236 g/mol. The lowest BCUT2D eigenvalue weighted by atomic mass is 10.2. The number of carbonyl (C=O) groups is 1. The lowest BCUT2D eigenvalue weighted by Crippen LogP contribution is -2.28. The first kappa shape index (κ1) is 13.5. The number of amides is 1. The van der Waals surface area contributed by atoms with Gasteiger partial charge in [0.1, 0.15) is 5.75 Å². The number of carbonyl (C=O) groups excluding carboxylic acids is 1. The molecule has 0 saturated heterocycles. The van der Waals surface area contributed by atoms with Gasteiger partial charge in [0, 0.05) is 5.69 Å². The quantitative estimate of drug-likeness (QED) is 0.742. The Hall–Kier alpha value is -1.55. The van der Waals surface area contributed by atoms with Crippen molar-refractivity contribution in [1.29, 1.82) is 0 Å². The summed E-state index contributed by atoms with van der Waals surface area (Å²) in [6, 6.07) is 5.59. The Morgan fingerprint density at radius 1 is 1.41 bits per heavy atom. The van der Waals surface area contributed by atoms with Crippen LogP contribution < -0.4 is 15.4 Å². The zero-order valence-corrected chi connectivity index (χ0v) is 10.7. The Morgan fingerprint density at radius 2 is 2.18 bits per heavy atom. The first-order chi connectivity index (χ1) is 8.17. The summed E-state index contributed by atoms with van der Waals surface area (Å²) in [6.45, 7) is 5.21. The number of anilines is 1. The van der Waals surface area contributed by atoms with Crippen molar-refractivity contribution in [3.63, 3.8) is 0 Å². The third-order valence-corrected chi connectivity index (χ3v) is 2.42. The summed E-state index contributed by atoms with van der Waals surface area (Å²) in [4.78, 5) is 11.6. The molecule has 0 radical (unpaired) electrons. The highest BCUT2D eigenvalue weighted by Crippen LogP contribution is 2.20. The number of nitrogens with one attached hydrogen (secondary N) is 2. The fourth-order valence-electron chi connectivity index (χ4n) is 1.48. The SMILES string of the molecule is CCCNCC(=O)Nc1ccc(OC)cc1C. The third-order valence-electron chi connectivity index (χ3n) is 2.42. The molecule has 0 fully saturated rings. The Morgan fingerprint density at radius 3 is 2.76 bits per heavy atom. The van der Waals surface area contributed by atoms with Crippen molar-refractivity contribution in [3.8, 4) is 5.75 Å². The van der Waals surface area contributed by atoms with E-state index in [4.69, 9.17) is 4.74 Å². The van der Waals surface area contributed by atoms with Gasteiger partial charge in [0.05, 0.1) is 13.7 Å². The molecule has 1 aromatic rings. The predicted molar refractivity (Wildman–Crippen MR) is 69.5 cm³/mol. The first-order valence-corrected chi connectivity index (χ1v) is 5.82. The summed E-state index contributed by atoms with van der Waals surface area (Å²) in [7, 11) is 1.63. The van der Waals surface area contributed by atoms with Gasteiger partial charge in [-0.25, -0.2) is 0 Å². The summed E-state index contributed by atoms with van der Waals surface area (Å²) in [5.41, 5.74) is 1.82. The van der Waals surface area contributed by atoms with Gasteiger partial charge in [-0.05, 0) is 43.7 Å². The Kier molecular flexibility index (Phi) is 5.49. The van der Waals surface area contributed by atoms with Gasteiger partial charge in [-0.1, -0.05) is 6.92 Å². The van der Waals surface area contributed by atoms with Gasteiger partial charge in [0.25, 0.3) is 0 Å². The van der Waals surface area contributed by atoms with E-state index in [9.17, 15) is 4.79 Å². The average Bonchev–Trinajstić information content (AvgIpc) is 2.32. The molecule has 2 N–H and O–H groups in total. The topological polar surface area (TPSA) is 50.4 Å². The summed E-state index contributed by atoms with van der Waals surface area (Å²) in [5, 5.41) is 5.92. The van der Waals surface area contributed by atoms with E-state index in [0.717, 1.165) is 30.0 Å². The number of rotatable bonds is 6. The van der Waals surface area contributed by atoms with Crippen molar-refractivity contribution < 1.29 is 9.53 Å². The van der Waals surface area contributed by atoms with E-state index in [2.05, 4.69) is 17.6 Å². The van der Waals surface area contributed by atoms with Gasteiger partial charge in [0.15, 0.2) is 0 Å². The highest BCUT2D eigenvalue weighted by Gasteiger charge is 2.04. The smallest absolute Gasteiger partial charge is 0.238 e. The fourth-order valence-corrected chi connectivity index (χ4v) is 1.48. The van der Waals surface area contributed by atoms with Crippen molar-refractivity contribution in [2.24, 2.45) is 0 Å². The van der Waals surface area contributed by atoms with Crippen LogP contribution in [0.1, 0.15) is 18.9 Å². The molecule has 94 valence electrons. The first-order valence-electron chi connectivity index (χ1n) is 5.82. The van der Waals surface area contributed by atoms with Crippen molar-refractivity contribution in [3.05, 3.63) is 23.8 Å². The fraction of sp³-hybridized carbons (Fsp3) is 0.462. The molecule has 0 bridgehead atoms. The molecule has 1 rings (SSSR count). The lowest BCUT2D eigenvalue weighted by molar-refractivity contribution is -0.115. The molecule has 0 spiro atoms. The molecule has 0 aromatic heterocycles. The Bertz CT molecular complexity index is 378. The maximum Gasteiger partial charge on any atom is 0.238 e. The molecule has 4 nitrogen and oxygen atoms in total. The second-order valence-electron chi connectivity index (χ2n) is 3.91. The van der Waals surface area contributed by atoms with E-state index in [1.54, 1.807) is 7.11 Å². The van der Waals surface area contributed by atoms with Gasteiger partial charge in [-0.15, -0.1) is 0 Å². The number of methoxy groups -OCH3 is 1. The third kappa shape index (κ3) is 4.44. The Balaban J connectivity index is 2.53. The van der Waals surface area contributed by atoms with Crippen LogP contribution in [0.5, 0.6) is 5.75 Å². The van der Waals surface area contributed by atoms with Crippen molar-refractivity contribution >= 4 is 11.6 Å². The molecule has 0 atom stereocenters. The number of hydrogen-bond donors (Lipinski definition) is 2. The van der Waals surface area contributed by atoms with Crippen LogP contribution in [-0.2, 0) is 4.79 Å². The zero-order chi connectivity index (χ0) is 12.7. The molecule has 0 aliphatic rings. The van der Waals surface area contributed by atoms with Crippen LogP contribution in [0.15, 0.2) is 18.2 Å². The van der Waals surface area contributed by atoms with Gasteiger partial charge in [0.2, 0.25) is 5.91 Å². The largest absolute Gasteiger partial charge is 0.497 e. The van der Waals surface area contributed by atoms with Gasteiger partial charge < -0.3 is 15.4 Å². The molecular weight excluding hydrogens is 216 g/mol. The van der Waals surface area contributed by atoms with Crippen LogP contribution in [0.2, 0.25) is 0 Å². The standard InChI is InChI=1S/C13H20N2O2/c1-4-7-14-9-13(16)15-12-6-5-11(17-3)8-10(12)2/h5-6,8,14H,4,7,9H2,1-3H3,(H,15,16). The summed E-state index contributed by atoms with van der Waals surface area (Å²) >= 11 is 0. The van der Waals surface area contributed by atoms with E-state index in [0.29, 0.717) is 6.54 Å². The second-order valence-corrected chi connectivity index (χ2v) is 3.91. The monoisotopic (exact) mass is 236 g/mol. The molecule has 0 aliphatic heterocycles.